The predicted octanol–water partition coefficient (Wildman–Crippen LogP) is 3.50. The van der Waals surface area contributed by atoms with Crippen LogP contribution in [0.25, 0.3) is 0 Å². The second-order valence-corrected chi connectivity index (χ2v) is 7.81. The van der Waals surface area contributed by atoms with Crippen molar-refractivity contribution in [2.45, 2.75) is 51.1 Å². The first-order valence-electron chi connectivity index (χ1n) is 9.99. The molecule has 0 radical (unpaired) electrons. The van der Waals surface area contributed by atoms with Gasteiger partial charge in [0, 0.05) is 35.4 Å². The molecule has 3 atom stereocenters. The molecule has 2 aliphatic rings. The Bertz CT molecular complexity index is 854. The van der Waals surface area contributed by atoms with Crippen molar-refractivity contribution in [3.8, 4) is 0 Å². The van der Waals surface area contributed by atoms with Gasteiger partial charge in [0.05, 0.1) is 6.04 Å². The van der Waals surface area contributed by atoms with E-state index in [1.54, 1.807) is 24.5 Å². The molecule has 0 spiro atoms. The van der Waals surface area contributed by atoms with Gasteiger partial charge in [-0.3, -0.25) is 14.6 Å². The van der Waals surface area contributed by atoms with Gasteiger partial charge in [0.15, 0.2) is 0 Å². The minimum Gasteiger partial charge on any atom is -0.325 e. The summed E-state index contributed by atoms with van der Waals surface area (Å²) >= 11 is 0. The van der Waals surface area contributed by atoms with Gasteiger partial charge < -0.3 is 16.0 Å². The van der Waals surface area contributed by atoms with Crippen LogP contribution in [0.15, 0.2) is 42.7 Å². The molecule has 28 heavy (non-hydrogen) atoms. The molecule has 1 saturated heterocycles. The van der Waals surface area contributed by atoms with Crippen LogP contribution in [-0.2, 0) is 4.79 Å². The first kappa shape index (κ1) is 18.6. The molecule has 2 heterocycles. The van der Waals surface area contributed by atoms with E-state index in [1.165, 1.54) is 25.7 Å². The first-order chi connectivity index (χ1) is 13.6. The monoisotopic (exact) mass is 378 g/mol. The highest BCUT2D eigenvalue weighted by atomic mass is 16.2. The molecule has 1 aliphatic carbocycles. The number of aryl methyl sites for hydroxylation is 1. The number of anilines is 2. The summed E-state index contributed by atoms with van der Waals surface area (Å²) in [6.45, 7) is 1.93. The lowest BCUT2D eigenvalue weighted by Gasteiger charge is -2.24. The maximum Gasteiger partial charge on any atom is 0.255 e. The summed E-state index contributed by atoms with van der Waals surface area (Å²) in [5, 5.41) is 9.43. The second-order valence-electron chi connectivity index (χ2n) is 7.81. The molecular weight excluding hydrogens is 352 g/mol. The Morgan fingerprint density at radius 2 is 1.86 bits per heavy atom. The van der Waals surface area contributed by atoms with Crippen LogP contribution in [0.4, 0.5) is 11.4 Å². The van der Waals surface area contributed by atoms with Crippen molar-refractivity contribution in [3.05, 3.63) is 53.9 Å². The van der Waals surface area contributed by atoms with E-state index >= 15 is 0 Å². The molecule has 3 N–H and O–H groups in total. The van der Waals surface area contributed by atoms with E-state index in [4.69, 9.17) is 0 Å². The van der Waals surface area contributed by atoms with Gasteiger partial charge in [0.25, 0.3) is 5.91 Å². The Labute approximate surface area is 165 Å². The number of nitrogens with zero attached hydrogens (tertiary/aromatic N) is 1. The van der Waals surface area contributed by atoms with E-state index in [-0.39, 0.29) is 17.9 Å². The number of benzene rings is 1. The van der Waals surface area contributed by atoms with Crippen LogP contribution < -0.4 is 16.0 Å². The topological polar surface area (TPSA) is 83.1 Å². The van der Waals surface area contributed by atoms with Crippen molar-refractivity contribution >= 4 is 23.2 Å². The van der Waals surface area contributed by atoms with Crippen molar-refractivity contribution in [2.75, 3.05) is 10.6 Å². The Kier molecular flexibility index (Phi) is 5.39. The van der Waals surface area contributed by atoms with Gasteiger partial charge >= 0.3 is 0 Å². The van der Waals surface area contributed by atoms with E-state index in [1.807, 2.05) is 25.1 Å². The van der Waals surface area contributed by atoms with E-state index in [0.717, 1.165) is 12.0 Å². The van der Waals surface area contributed by atoms with Crippen LogP contribution in [-0.4, -0.2) is 28.9 Å². The van der Waals surface area contributed by atoms with Gasteiger partial charge in [-0.05, 0) is 61.9 Å². The molecule has 6 heteroatoms. The summed E-state index contributed by atoms with van der Waals surface area (Å²) in [5.41, 5.74) is 2.86. The highest BCUT2D eigenvalue weighted by molar-refractivity contribution is 6.05. The van der Waals surface area contributed by atoms with E-state index in [2.05, 4.69) is 20.9 Å². The zero-order chi connectivity index (χ0) is 19.5. The lowest BCUT2D eigenvalue weighted by molar-refractivity contribution is -0.117. The summed E-state index contributed by atoms with van der Waals surface area (Å²) in [6, 6.07) is 9.27. The standard InChI is InChI=1S/C22H26N4O2/c1-14-6-7-17(13-19(14)26-21(27)15-8-10-23-11-9-15)24-22(28)20-12-16-4-2-3-5-18(16)25-20/h6-11,13,16,18,20,25H,2-5,12H2,1H3,(H,24,28)(H,26,27). The quantitative estimate of drug-likeness (QED) is 0.760. The fraction of sp³-hybridized carbons (Fsp3) is 0.409. The molecule has 2 amide bonds. The molecule has 3 unspecified atom stereocenters. The highest BCUT2D eigenvalue weighted by Gasteiger charge is 2.38. The molecule has 1 aromatic carbocycles. The van der Waals surface area contributed by atoms with Gasteiger partial charge in [-0.1, -0.05) is 18.9 Å². The third-order valence-corrected chi connectivity index (χ3v) is 5.88. The summed E-state index contributed by atoms with van der Waals surface area (Å²) in [4.78, 5) is 29.1. The Morgan fingerprint density at radius 1 is 1.07 bits per heavy atom. The lowest BCUT2D eigenvalue weighted by atomic mass is 9.85. The Hall–Kier alpha value is -2.73. The molecule has 146 valence electrons. The lowest BCUT2D eigenvalue weighted by Crippen LogP contribution is -2.39. The summed E-state index contributed by atoms with van der Waals surface area (Å²) in [6.07, 6.45) is 9.00. The highest BCUT2D eigenvalue weighted by Crippen LogP contribution is 2.33. The number of hydrogen-bond acceptors (Lipinski definition) is 4. The van der Waals surface area contributed by atoms with Gasteiger partial charge in [-0.15, -0.1) is 0 Å². The number of rotatable bonds is 4. The van der Waals surface area contributed by atoms with Crippen molar-refractivity contribution in [3.63, 3.8) is 0 Å². The molecule has 4 rings (SSSR count). The van der Waals surface area contributed by atoms with Gasteiger partial charge in [0.1, 0.15) is 0 Å². The van der Waals surface area contributed by atoms with E-state index < -0.39 is 0 Å². The summed E-state index contributed by atoms with van der Waals surface area (Å²) in [7, 11) is 0. The molecule has 6 nitrogen and oxygen atoms in total. The zero-order valence-electron chi connectivity index (χ0n) is 16.1. The molecule has 1 aliphatic heterocycles. The zero-order valence-corrected chi connectivity index (χ0v) is 16.1. The smallest absolute Gasteiger partial charge is 0.255 e. The number of pyridine rings is 1. The van der Waals surface area contributed by atoms with Gasteiger partial charge in [0.2, 0.25) is 5.91 Å². The van der Waals surface area contributed by atoms with Crippen LogP contribution in [0.5, 0.6) is 0 Å². The first-order valence-corrected chi connectivity index (χ1v) is 9.99. The number of hydrogen-bond donors (Lipinski definition) is 3. The Balaban J connectivity index is 1.42. The number of amides is 2. The molecule has 2 aromatic rings. The van der Waals surface area contributed by atoms with Crippen molar-refractivity contribution in [1.29, 1.82) is 0 Å². The van der Waals surface area contributed by atoms with Gasteiger partial charge in [-0.25, -0.2) is 0 Å². The average molecular weight is 378 g/mol. The van der Waals surface area contributed by atoms with Crippen LogP contribution in [0, 0.1) is 12.8 Å². The Morgan fingerprint density at radius 3 is 2.64 bits per heavy atom. The number of aromatic nitrogens is 1. The maximum absolute atomic E-state index is 12.7. The third-order valence-electron chi connectivity index (χ3n) is 5.88. The van der Waals surface area contributed by atoms with Crippen molar-refractivity contribution < 1.29 is 9.59 Å². The largest absolute Gasteiger partial charge is 0.325 e. The molecular formula is C22H26N4O2. The normalized spacial score (nSPS) is 23.7. The molecule has 0 bridgehead atoms. The number of carbonyl (C=O) groups excluding carboxylic acids is 2. The fourth-order valence-electron chi connectivity index (χ4n) is 4.28. The maximum atomic E-state index is 12.7. The molecule has 1 aromatic heterocycles. The average Bonchev–Trinajstić information content (AvgIpc) is 3.15. The van der Waals surface area contributed by atoms with E-state index in [0.29, 0.717) is 28.9 Å². The van der Waals surface area contributed by atoms with Crippen LogP contribution in [0.1, 0.15) is 48.0 Å². The van der Waals surface area contributed by atoms with Crippen molar-refractivity contribution in [2.24, 2.45) is 5.92 Å². The molecule has 1 saturated carbocycles. The predicted molar refractivity (Wildman–Crippen MR) is 109 cm³/mol. The SMILES string of the molecule is Cc1ccc(NC(=O)C2CC3CCCCC3N2)cc1NC(=O)c1ccncc1. The third kappa shape index (κ3) is 4.07. The van der Waals surface area contributed by atoms with Crippen LogP contribution in [0.3, 0.4) is 0 Å². The summed E-state index contributed by atoms with van der Waals surface area (Å²) < 4.78 is 0. The van der Waals surface area contributed by atoms with Gasteiger partial charge in [-0.2, -0.15) is 0 Å². The van der Waals surface area contributed by atoms with Crippen LogP contribution in [0.2, 0.25) is 0 Å². The molecule has 2 fully saturated rings. The number of fused-ring (bicyclic) bond motifs is 1. The van der Waals surface area contributed by atoms with E-state index in [9.17, 15) is 9.59 Å². The minimum absolute atomic E-state index is 0.00432. The number of nitrogens with one attached hydrogen (secondary N) is 3. The summed E-state index contributed by atoms with van der Waals surface area (Å²) in [5.74, 6) is 0.429. The second kappa shape index (κ2) is 8.10. The van der Waals surface area contributed by atoms with Crippen LogP contribution >= 0.6 is 0 Å². The fourth-order valence-corrected chi connectivity index (χ4v) is 4.28. The van der Waals surface area contributed by atoms with Crippen molar-refractivity contribution in [1.82, 2.24) is 10.3 Å². The minimum atomic E-state index is -0.199. The number of carbonyl (C=O) groups is 2.